The number of aliphatic imine (C=N–C) groups is 1. The quantitative estimate of drug-likeness (QED) is 0.632. The first-order chi connectivity index (χ1) is 13.8. The Morgan fingerprint density at radius 2 is 1.86 bits per heavy atom. The minimum Gasteiger partial charge on any atom is -0.460 e. The smallest absolute Gasteiger partial charge is 0.290 e. The largest absolute Gasteiger partial charge is 0.460 e. The third-order valence-corrected chi connectivity index (χ3v) is 5.27. The van der Waals surface area contributed by atoms with Crippen LogP contribution in [0.4, 0.5) is 21.5 Å². The molecule has 0 unspecified atom stereocenters. The number of halogens is 1. The predicted octanol–water partition coefficient (Wildman–Crippen LogP) is 5.55. The average Bonchev–Trinajstić information content (AvgIpc) is 3.13. The number of amidine groups is 1. The standard InChI is InChI=1S/C23H20FN3O/c24-16-9-11-17(12-10-16)25-20-6-3-7-21-19(20)14-28-23(26-21)27-22-13-8-15-4-1-2-5-18(15)22/h1-7,9-12,22,25H,8,13-14H2,(H,26,27)/t22-/m1/s1. The molecule has 0 fully saturated rings. The summed E-state index contributed by atoms with van der Waals surface area (Å²) in [5, 5.41) is 6.65. The van der Waals surface area contributed by atoms with Crippen molar-refractivity contribution in [2.24, 2.45) is 4.99 Å². The van der Waals surface area contributed by atoms with Gasteiger partial charge in [-0.15, -0.1) is 0 Å². The van der Waals surface area contributed by atoms with Crippen molar-refractivity contribution in [2.75, 3.05) is 10.6 Å². The fourth-order valence-electron chi connectivity index (χ4n) is 3.84. The summed E-state index contributed by atoms with van der Waals surface area (Å²) in [7, 11) is 0. The lowest BCUT2D eigenvalue weighted by Gasteiger charge is -2.24. The molecule has 28 heavy (non-hydrogen) atoms. The Labute approximate surface area is 163 Å². The van der Waals surface area contributed by atoms with Crippen molar-refractivity contribution in [3.05, 3.63) is 89.2 Å². The van der Waals surface area contributed by atoms with Crippen molar-refractivity contribution in [1.82, 2.24) is 0 Å². The van der Waals surface area contributed by atoms with Crippen LogP contribution in [0, 0.1) is 5.82 Å². The second kappa shape index (κ2) is 7.00. The van der Waals surface area contributed by atoms with Crippen LogP contribution in [0.3, 0.4) is 0 Å². The molecule has 1 aliphatic carbocycles. The summed E-state index contributed by atoms with van der Waals surface area (Å²) in [5.74, 6) is -0.250. The van der Waals surface area contributed by atoms with Crippen molar-refractivity contribution in [1.29, 1.82) is 0 Å². The molecule has 4 nitrogen and oxygen atoms in total. The molecule has 140 valence electrons. The molecule has 3 aromatic rings. The average molecular weight is 373 g/mol. The molecule has 5 heteroatoms. The predicted molar refractivity (Wildman–Crippen MR) is 109 cm³/mol. The lowest BCUT2D eigenvalue weighted by Crippen LogP contribution is -2.23. The van der Waals surface area contributed by atoms with E-state index in [2.05, 4.69) is 34.9 Å². The zero-order valence-electron chi connectivity index (χ0n) is 15.3. The number of rotatable bonds is 3. The monoisotopic (exact) mass is 373 g/mol. The molecule has 0 bridgehead atoms. The topological polar surface area (TPSA) is 45.6 Å². The van der Waals surface area contributed by atoms with E-state index in [-0.39, 0.29) is 11.9 Å². The minimum atomic E-state index is -0.250. The van der Waals surface area contributed by atoms with Gasteiger partial charge in [0.05, 0.1) is 11.7 Å². The Kier molecular flexibility index (Phi) is 4.20. The number of fused-ring (bicyclic) bond motifs is 2. The fraction of sp³-hybridized carbons (Fsp3) is 0.174. The number of benzene rings is 3. The number of aryl methyl sites for hydroxylation is 1. The molecule has 0 radical (unpaired) electrons. The van der Waals surface area contributed by atoms with E-state index < -0.39 is 0 Å². The van der Waals surface area contributed by atoms with E-state index >= 15 is 0 Å². The molecule has 2 N–H and O–H groups in total. The van der Waals surface area contributed by atoms with E-state index in [0.29, 0.717) is 12.6 Å². The Bertz CT molecular complexity index is 1050. The summed E-state index contributed by atoms with van der Waals surface area (Å²) in [6, 6.07) is 21.5. The van der Waals surface area contributed by atoms with Gasteiger partial charge >= 0.3 is 0 Å². The van der Waals surface area contributed by atoms with Gasteiger partial charge in [-0.2, -0.15) is 0 Å². The van der Waals surface area contributed by atoms with E-state index in [1.807, 2.05) is 18.2 Å². The maximum Gasteiger partial charge on any atom is 0.290 e. The highest BCUT2D eigenvalue weighted by Crippen LogP contribution is 2.35. The number of nitrogens with zero attached hydrogens (tertiary/aromatic N) is 1. The van der Waals surface area contributed by atoms with Crippen LogP contribution >= 0.6 is 0 Å². The molecular weight excluding hydrogens is 353 g/mol. The summed E-state index contributed by atoms with van der Waals surface area (Å²) in [5.41, 5.74) is 6.43. The third-order valence-electron chi connectivity index (χ3n) is 5.27. The summed E-state index contributed by atoms with van der Waals surface area (Å²) in [6.07, 6.45) is 2.06. The van der Waals surface area contributed by atoms with Gasteiger partial charge in [0.2, 0.25) is 0 Å². The molecule has 0 spiro atoms. The second-order valence-corrected chi connectivity index (χ2v) is 7.06. The molecule has 3 aromatic carbocycles. The summed E-state index contributed by atoms with van der Waals surface area (Å²) in [4.78, 5) is 4.82. The van der Waals surface area contributed by atoms with Crippen LogP contribution in [-0.4, -0.2) is 6.02 Å². The van der Waals surface area contributed by atoms with E-state index in [4.69, 9.17) is 9.73 Å². The van der Waals surface area contributed by atoms with Gasteiger partial charge in [-0.3, -0.25) is 0 Å². The second-order valence-electron chi connectivity index (χ2n) is 7.06. The number of hydrogen-bond acceptors (Lipinski definition) is 3. The fourth-order valence-corrected chi connectivity index (χ4v) is 3.84. The lowest BCUT2D eigenvalue weighted by atomic mass is 10.1. The molecule has 5 rings (SSSR count). The van der Waals surface area contributed by atoms with Crippen LogP contribution in [0.25, 0.3) is 0 Å². The molecule has 0 aromatic heterocycles. The minimum absolute atomic E-state index is 0.140. The normalized spacial score (nSPS) is 18.8. The van der Waals surface area contributed by atoms with E-state index in [9.17, 15) is 4.39 Å². The Morgan fingerprint density at radius 1 is 1.00 bits per heavy atom. The summed E-state index contributed by atoms with van der Waals surface area (Å²) < 4.78 is 19.0. The number of ether oxygens (including phenoxy) is 1. The molecule has 0 saturated carbocycles. The zero-order chi connectivity index (χ0) is 18.9. The first-order valence-electron chi connectivity index (χ1n) is 9.46. The SMILES string of the molecule is Fc1ccc(Nc2cccc3c2COC(=N[C@@H]2CCc4ccccc42)N3)cc1. The van der Waals surface area contributed by atoms with Crippen LogP contribution in [-0.2, 0) is 17.8 Å². The molecule has 0 amide bonds. The maximum absolute atomic E-state index is 13.1. The molecular formula is C23H20FN3O. The Hall–Kier alpha value is -3.34. The highest BCUT2D eigenvalue weighted by atomic mass is 19.1. The van der Waals surface area contributed by atoms with Gasteiger partial charge in [0.15, 0.2) is 0 Å². The van der Waals surface area contributed by atoms with Crippen molar-refractivity contribution < 1.29 is 9.13 Å². The number of nitrogens with one attached hydrogen (secondary N) is 2. The Morgan fingerprint density at radius 3 is 2.75 bits per heavy atom. The first-order valence-corrected chi connectivity index (χ1v) is 9.46. The van der Waals surface area contributed by atoms with Crippen LogP contribution < -0.4 is 10.6 Å². The highest BCUT2D eigenvalue weighted by molar-refractivity contribution is 5.93. The molecule has 1 aliphatic heterocycles. The van der Waals surface area contributed by atoms with Crippen molar-refractivity contribution in [3.63, 3.8) is 0 Å². The van der Waals surface area contributed by atoms with E-state index in [0.717, 1.165) is 35.5 Å². The van der Waals surface area contributed by atoms with Crippen molar-refractivity contribution in [3.8, 4) is 0 Å². The molecule has 2 aliphatic rings. The van der Waals surface area contributed by atoms with E-state index in [1.165, 1.54) is 23.3 Å². The van der Waals surface area contributed by atoms with Crippen molar-refractivity contribution in [2.45, 2.75) is 25.5 Å². The zero-order valence-corrected chi connectivity index (χ0v) is 15.3. The highest BCUT2D eigenvalue weighted by Gasteiger charge is 2.24. The van der Waals surface area contributed by atoms with Crippen LogP contribution in [0.15, 0.2) is 71.7 Å². The van der Waals surface area contributed by atoms with Gasteiger partial charge in [-0.1, -0.05) is 30.3 Å². The van der Waals surface area contributed by atoms with Gasteiger partial charge in [-0.25, -0.2) is 9.38 Å². The summed E-state index contributed by atoms with van der Waals surface area (Å²) in [6.45, 7) is 0.430. The Balaban J connectivity index is 1.37. The third kappa shape index (κ3) is 3.20. The molecule has 0 saturated heterocycles. The van der Waals surface area contributed by atoms with E-state index in [1.54, 1.807) is 12.1 Å². The van der Waals surface area contributed by atoms with Gasteiger partial charge in [0, 0.05) is 16.9 Å². The van der Waals surface area contributed by atoms with Gasteiger partial charge in [0.1, 0.15) is 12.4 Å². The van der Waals surface area contributed by atoms with Gasteiger partial charge in [0.25, 0.3) is 6.02 Å². The number of hydrogen-bond donors (Lipinski definition) is 2. The molecule has 1 atom stereocenters. The van der Waals surface area contributed by atoms with Gasteiger partial charge < -0.3 is 15.4 Å². The van der Waals surface area contributed by atoms with Crippen LogP contribution in [0.5, 0.6) is 0 Å². The van der Waals surface area contributed by atoms with Crippen molar-refractivity contribution >= 4 is 23.1 Å². The first kappa shape index (κ1) is 16.8. The van der Waals surface area contributed by atoms with Crippen LogP contribution in [0.1, 0.15) is 29.2 Å². The lowest BCUT2D eigenvalue weighted by molar-refractivity contribution is 0.283. The number of anilines is 3. The molecule has 1 heterocycles. The van der Waals surface area contributed by atoms with Gasteiger partial charge in [-0.05, 0) is 60.4 Å². The summed E-state index contributed by atoms with van der Waals surface area (Å²) >= 11 is 0. The van der Waals surface area contributed by atoms with Crippen LogP contribution in [0.2, 0.25) is 0 Å². The maximum atomic E-state index is 13.1.